The third-order valence-electron chi connectivity index (χ3n) is 5.50. The number of carbonyl (C=O) groups is 1. The lowest BCUT2D eigenvalue weighted by Crippen LogP contribution is -2.17. The van der Waals surface area contributed by atoms with Crippen molar-refractivity contribution in [2.75, 3.05) is 5.32 Å². The number of benzene rings is 2. The Balaban J connectivity index is 1.53. The van der Waals surface area contributed by atoms with Crippen LogP contribution in [0.1, 0.15) is 27.2 Å². The fourth-order valence-electron chi connectivity index (χ4n) is 3.80. The van der Waals surface area contributed by atoms with E-state index in [4.69, 9.17) is 0 Å². The summed E-state index contributed by atoms with van der Waals surface area (Å²) in [5.74, 6) is 0.390. The third-order valence-corrected chi connectivity index (χ3v) is 5.50. The van der Waals surface area contributed by atoms with Crippen LogP contribution in [-0.4, -0.2) is 30.5 Å². The predicted octanol–water partition coefficient (Wildman–Crippen LogP) is 4.35. The lowest BCUT2D eigenvalue weighted by Gasteiger charge is -2.11. The van der Waals surface area contributed by atoms with Gasteiger partial charge < -0.3 is 5.32 Å². The molecule has 0 atom stereocenters. The number of hydrogen-bond acceptors (Lipinski definition) is 5. The molecule has 0 aliphatic rings. The van der Waals surface area contributed by atoms with Gasteiger partial charge in [0.15, 0.2) is 11.6 Å². The van der Waals surface area contributed by atoms with Crippen molar-refractivity contribution in [3.8, 4) is 17.6 Å². The quantitative estimate of drug-likeness (QED) is 0.454. The minimum absolute atomic E-state index is 0.240. The first-order valence-electron chi connectivity index (χ1n) is 10.3. The predicted molar refractivity (Wildman–Crippen MR) is 125 cm³/mol. The van der Waals surface area contributed by atoms with Gasteiger partial charge in [0, 0.05) is 5.39 Å². The Morgan fingerprint density at radius 3 is 2.48 bits per heavy atom. The summed E-state index contributed by atoms with van der Waals surface area (Å²) in [4.78, 5) is 17.9. The normalized spacial score (nSPS) is 10.8. The molecule has 3 heterocycles. The summed E-state index contributed by atoms with van der Waals surface area (Å²) >= 11 is 0. The molecule has 33 heavy (non-hydrogen) atoms. The van der Waals surface area contributed by atoms with Crippen molar-refractivity contribution < 1.29 is 4.79 Å². The number of para-hydroxylation sites is 2. The van der Waals surface area contributed by atoms with Gasteiger partial charge in [-0.15, -0.1) is 0 Å². The average molecular weight is 433 g/mol. The Labute approximate surface area is 189 Å². The molecule has 8 heteroatoms. The van der Waals surface area contributed by atoms with Crippen molar-refractivity contribution in [2.45, 2.75) is 13.8 Å². The van der Waals surface area contributed by atoms with Crippen LogP contribution in [0.15, 0.2) is 73.1 Å². The molecule has 0 aliphatic carbocycles. The Bertz CT molecular complexity index is 1540. The number of nitrogens with zero attached hydrogens (tertiary/aromatic N) is 6. The second-order valence-electron chi connectivity index (χ2n) is 7.59. The van der Waals surface area contributed by atoms with Crippen LogP contribution in [-0.2, 0) is 0 Å². The first-order valence-corrected chi connectivity index (χ1v) is 10.3. The van der Waals surface area contributed by atoms with E-state index >= 15 is 0 Å². The minimum atomic E-state index is -0.384. The number of rotatable bonds is 4. The maximum Gasteiger partial charge on any atom is 0.260 e. The van der Waals surface area contributed by atoms with Crippen LogP contribution in [0.3, 0.4) is 0 Å². The molecule has 5 aromatic rings. The van der Waals surface area contributed by atoms with Gasteiger partial charge in [-0.2, -0.15) is 20.1 Å². The van der Waals surface area contributed by atoms with Gasteiger partial charge >= 0.3 is 0 Å². The molecule has 0 bridgehead atoms. The molecule has 2 aromatic carbocycles. The van der Waals surface area contributed by atoms with Gasteiger partial charge in [-0.1, -0.05) is 36.4 Å². The van der Waals surface area contributed by atoms with Crippen LogP contribution >= 0.6 is 0 Å². The number of nitriles is 1. The van der Waals surface area contributed by atoms with Gasteiger partial charge in [0.05, 0.1) is 34.9 Å². The first kappa shape index (κ1) is 20.2. The molecule has 0 spiro atoms. The van der Waals surface area contributed by atoms with Crippen LogP contribution < -0.4 is 5.32 Å². The molecular weight excluding hydrogens is 414 g/mol. The lowest BCUT2D eigenvalue weighted by atomic mass is 10.1. The van der Waals surface area contributed by atoms with E-state index in [0.29, 0.717) is 17.1 Å². The average Bonchev–Trinajstić information content (AvgIpc) is 3.42. The minimum Gasteiger partial charge on any atom is -0.305 e. The molecule has 3 aromatic heterocycles. The van der Waals surface area contributed by atoms with E-state index in [1.165, 1.54) is 17.1 Å². The van der Waals surface area contributed by atoms with Crippen molar-refractivity contribution >= 4 is 22.6 Å². The van der Waals surface area contributed by atoms with Crippen molar-refractivity contribution in [1.82, 2.24) is 24.5 Å². The Kier molecular flexibility index (Phi) is 4.92. The molecule has 0 fully saturated rings. The zero-order valence-electron chi connectivity index (χ0n) is 18.0. The summed E-state index contributed by atoms with van der Waals surface area (Å²) in [6.45, 7) is 3.81. The first-order chi connectivity index (χ1) is 16.1. The van der Waals surface area contributed by atoms with E-state index in [-0.39, 0.29) is 17.3 Å². The molecule has 0 saturated heterocycles. The number of aromatic nitrogens is 5. The molecule has 1 N–H and O–H groups in total. The van der Waals surface area contributed by atoms with Crippen LogP contribution in [0.5, 0.6) is 0 Å². The number of hydrogen-bond donors (Lipinski definition) is 1. The molecule has 8 nitrogen and oxygen atoms in total. The highest BCUT2D eigenvalue weighted by Gasteiger charge is 2.21. The van der Waals surface area contributed by atoms with Crippen molar-refractivity contribution in [3.05, 3.63) is 95.4 Å². The maximum absolute atomic E-state index is 13.2. The van der Waals surface area contributed by atoms with E-state index in [1.54, 1.807) is 4.68 Å². The van der Waals surface area contributed by atoms with Crippen molar-refractivity contribution in [2.24, 2.45) is 0 Å². The van der Waals surface area contributed by atoms with Gasteiger partial charge in [0.25, 0.3) is 5.91 Å². The third kappa shape index (κ3) is 3.51. The highest BCUT2D eigenvalue weighted by molar-refractivity contribution is 6.05. The van der Waals surface area contributed by atoms with Crippen molar-refractivity contribution in [3.63, 3.8) is 0 Å². The molecule has 0 aliphatic heterocycles. The van der Waals surface area contributed by atoms with Crippen LogP contribution in [0, 0.1) is 25.2 Å². The molecule has 1 amide bonds. The van der Waals surface area contributed by atoms with E-state index < -0.39 is 0 Å². The summed E-state index contributed by atoms with van der Waals surface area (Å²) in [5, 5.41) is 22.2. The van der Waals surface area contributed by atoms with Crippen LogP contribution in [0.2, 0.25) is 0 Å². The summed E-state index contributed by atoms with van der Waals surface area (Å²) in [7, 11) is 0. The molecule has 160 valence electrons. The molecular formula is C25H19N7O. The summed E-state index contributed by atoms with van der Waals surface area (Å²) in [6, 6.07) is 21.3. The number of amides is 1. The number of pyridine rings is 1. The zero-order chi connectivity index (χ0) is 22.9. The molecule has 0 unspecified atom stereocenters. The highest BCUT2D eigenvalue weighted by atomic mass is 16.1. The van der Waals surface area contributed by atoms with Gasteiger partial charge in [-0.05, 0) is 43.7 Å². The number of aryl methyl sites for hydroxylation is 1. The molecule has 0 radical (unpaired) electrons. The van der Waals surface area contributed by atoms with E-state index in [2.05, 4.69) is 26.6 Å². The largest absolute Gasteiger partial charge is 0.305 e. The smallest absolute Gasteiger partial charge is 0.260 e. The second kappa shape index (κ2) is 8.05. The Morgan fingerprint density at radius 2 is 1.70 bits per heavy atom. The van der Waals surface area contributed by atoms with Crippen LogP contribution in [0.25, 0.3) is 22.4 Å². The number of carbonyl (C=O) groups excluding carboxylic acids is 1. The van der Waals surface area contributed by atoms with E-state index in [1.807, 2.05) is 74.5 Å². The Morgan fingerprint density at radius 1 is 0.970 bits per heavy atom. The second-order valence-corrected chi connectivity index (χ2v) is 7.59. The standard InChI is InChI=1S/C25H19N7O/c1-16-12-23(29-22-11-7-6-10-20(16)22)32-24(18(13-26)14-27-32)30-25(33)21-15-28-31(17(21)2)19-8-4-3-5-9-19/h3-12,14-15H,1-2H3,(H,30,33). The van der Waals surface area contributed by atoms with E-state index in [0.717, 1.165) is 22.2 Å². The van der Waals surface area contributed by atoms with Gasteiger partial charge in [-0.25, -0.2) is 9.67 Å². The Hall–Kier alpha value is -4.77. The van der Waals surface area contributed by atoms with Gasteiger partial charge in [-0.3, -0.25) is 4.79 Å². The molecule has 5 rings (SSSR count). The monoisotopic (exact) mass is 433 g/mol. The summed E-state index contributed by atoms with van der Waals surface area (Å²) in [5.41, 5.74) is 4.00. The maximum atomic E-state index is 13.2. The van der Waals surface area contributed by atoms with Crippen LogP contribution in [0.4, 0.5) is 5.82 Å². The fourth-order valence-corrected chi connectivity index (χ4v) is 3.80. The number of nitrogens with one attached hydrogen (secondary N) is 1. The van der Waals surface area contributed by atoms with Gasteiger partial charge in [0.1, 0.15) is 11.6 Å². The summed E-state index contributed by atoms with van der Waals surface area (Å²) < 4.78 is 3.18. The SMILES string of the molecule is Cc1cc(-n2ncc(C#N)c2NC(=O)c2cnn(-c3ccccc3)c2C)nc2ccccc12. The van der Waals surface area contributed by atoms with Crippen molar-refractivity contribution in [1.29, 1.82) is 5.26 Å². The topological polar surface area (TPSA) is 101 Å². The molecule has 0 saturated carbocycles. The number of anilines is 1. The number of fused-ring (bicyclic) bond motifs is 1. The van der Waals surface area contributed by atoms with Gasteiger partial charge in [0.2, 0.25) is 0 Å². The highest BCUT2D eigenvalue weighted by Crippen LogP contribution is 2.24. The summed E-state index contributed by atoms with van der Waals surface area (Å²) in [6.07, 6.45) is 2.94. The van der Waals surface area contributed by atoms with E-state index in [9.17, 15) is 10.1 Å². The lowest BCUT2D eigenvalue weighted by molar-refractivity contribution is 0.102. The fraction of sp³-hybridized carbons (Fsp3) is 0.0800. The zero-order valence-corrected chi connectivity index (χ0v) is 18.0.